The Morgan fingerprint density at radius 2 is 2.00 bits per heavy atom. The number of aromatic nitrogens is 1. The molecule has 1 aliphatic heterocycles. The second-order valence-electron chi connectivity index (χ2n) is 6.74. The fraction of sp³-hybridized carbons (Fsp3) is 0.286. The standard InChI is InChI=1S/C21H20BrClN2O4S/c1-5-29-20(27)13(4)25-19(26)18(30-21(25)28)9-14-8-11(2)24(12(14)3)15-6-7-16(22)17(23)10-15/h6-10,13H,5H2,1-4H3/b18-9+/t13-/m1/s1. The number of hydrogen-bond donors (Lipinski definition) is 0. The van der Waals surface area contributed by atoms with E-state index >= 15 is 0 Å². The van der Waals surface area contributed by atoms with Crippen molar-refractivity contribution < 1.29 is 19.1 Å². The third kappa shape index (κ3) is 4.22. The largest absolute Gasteiger partial charge is 0.464 e. The van der Waals surface area contributed by atoms with Crippen LogP contribution in [-0.4, -0.2) is 39.2 Å². The van der Waals surface area contributed by atoms with E-state index in [1.165, 1.54) is 6.92 Å². The third-order valence-corrected chi connectivity index (χ3v) is 6.87. The van der Waals surface area contributed by atoms with E-state index in [1.54, 1.807) is 13.0 Å². The zero-order chi connectivity index (χ0) is 22.2. The van der Waals surface area contributed by atoms with Crippen LogP contribution in [-0.2, 0) is 14.3 Å². The molecule has 158 valence electrons. The number of amides is 2. The van der Waals surface area contributed by atoms with Gasteiger partial charge in [-0.15, -0.1) is 0 Å². The summed E-state index contributed by atoms with van der Waals surface area (Å²) in [5, 5.41) is 0.107. The van der Waals surface area contributed by atoms with Crippen LogP contribution in [0.3, 0.4) is 0 Å². The van der Waals surface area contributed by atoms with E-state index in [2.05, 4.69) is 15.9 Å². The number of carbonyl (C=O) groups excluding carboxylic acids is 3. The van der Waals surface area contributed by atoms with Gasteiger partial charge in [-0.2, -0.15) is 0 Å². The van der Waals surface area contributed by atoms with Crippen molar-refractivity contribution in [1.29, 1.82) is 0 Å². The first-order chi connectivity index (χ1) is 14.1. The monoisotopic (exact) mass is 510 g/mol. The number of carbonyl (C=O) groups is 3. The summed E-state index contributed by atoms with van der Waals surface area (Å²) >= 11 is 10.5. The van der Waals surface area contributed by atoms with E-state index in [9.17, 15) is 14.4 Å². The molecule has 1 aliphatic rings. The van der Waals surface area contributed by atoms with E-state index in [4.69, 9.17) is 16.3 Å². The zero-order valence-electron chi connectivity index (χ0n) is 16.9. The van der Waals surface area contributed by atoms with Crippen molar-refractivity contribution >= 4 is 62.5 Å². The Labute approximate surface area is 192 Å². The van der Waals surface area contributed by atoms with Gasteiger partial charge in [-0.3, -0.25) is 14.5 Å². The van der Waals surface area contributed by atoms with Crippen LogP contribution in [0.2, 0.25) is 5.02 Å². The number of halogens is 2. The number of rotatable bonds is 5. The molecule has 0 radical (unpaired) electrons. The second kappa shape index (κ2) is 8.99. The Morgan fingerprint density at radius 1 is 1.30 bits per heavy atom. The lowest BCUT2D eigenvalue weighted by molar-refractivity contribution is -0.150. The Balaban J connectivity index is 1.94. The predicted molar refractivity (Wildman–Crippen MR) is 122 cm³/mol. The molecule has 0 spiro atoms. The van der Waals surface area contributed by atoms with Crippen LogP contribution >= 0.6 is 39.3 Å². The topological polar surface area (TPSA) is 68.6 Å². The molecular formula is C21H20BrClN2O4S. The van der Waals surface area contributed by atoms with Crippen LogP contribution in [0.15, 0.2) is 33.6 Å². The number of thioether (sulfide) groups is 1. The number of imide groups is 1. The highest BCUT2D eigenvalue weighted by Crippen LogP contribution is 2.35. The van der Waals surface area contributed by atoms with Gasteiger partial charge in [0.2, 0.25) is 0 Å². The lowest BCUT2D eigenvalue weighted by atomic mass is 10.2. The zero-order valence-corrected chi connectivity index (χ0v) is 20.0. The van der Waals surface area contributed by atoms with Crippen LogP contribution in [0, 0.1) is 13.8 Å². The maximum absolute atomic E-state index is 12.8. The molecule has 2 amide bonds. The number of esters is 1. The normalized spacial score (nSPS) is 16.5. The molecule has 0 aliphatic carbocycles. The Kier molecular flexibility index (Phi) is 6.79. The number of benzene rings is 1. The summed E-state index contributed by atoms with van der Waals surface area (Å²) in [6.07, 6.45) is 1.68. The number of nitrogens with zero attached hydrogens (tertiary/aromatic N) is 2. The minimum absolute atomic E-state index is 0.182. The van der Waals surface area contributed by atoms with Gasteiger partial charge in [0, 0.05) is 21.5 Å². The Hall–Kier alpha value is -2.03. The van der Waals surface area contributed by atoms with Gasteiger partial charge >= 0.3 is 5.97 Å². The first kappa shape index (κ1) is 22.7. The maximum Gasteiger partial charge on any atom is 0.329 e. The molecule has 30 heavy (non-hydrogen) atoms. The van der Waals surface area contributed by atoms with Gasteiger partial charge in [-0.05, 0) is 91.3 Å². The average molecular weight is 512 g/mol. The van der Waals surface area contributed by atoms with Crippen molar-refractivity contribution in [1.82, 2.24) is 9.47 Å². The SMILES string of the molecule is CCOC(=O)[C@@H](C)N1C(=O)S/C(=C/c2cc(C)n(-c3ccc(Br)c(Cl)c3)c2C)C1=O. The summed E-state index contributed by atoms with van der Waals surface area (Å²) in [6, 6.07) is 6.63. The van der Waals surface area contributed by atoms with Crippen molar-refractivity contribution in [3.63, 3.8) is 0 Å². The maximum atomic E-state index is 12.8. The predicted octanol–water partition coefficient (Wildman–Crippen LogP) is 5.50. The van der Waals surface area contributed by atoms with Gasteiger partial charge in [-0.1, -0.05) is 11.6 Å². The molecular weight excluding hydrogens is 492 g/mol. The van der Waals surface area contributed by atoms with Crippen molar-refractivity contribution in [2.24, 2.45) is 0 Å². The molecule has 9 heteroatoms. The molecule has 2 aromatic rings. The van der Waals surface area contributed by atoms with E-state index in [0.717, 1.165) is 43.8 Å². The van der Waals surface area contributed by atoms with Crippen LogP contribution in [0.5, 0.6) is 0 Å². The lowest BCUT2D eigenvalue weighted by Gasteiger charge is -2.19. The first-order valence-electron chi connectivity index (χ1n) is 9.23. The Morgan fingerprint density at radius 3 is 2.63 bits per heavy atom. The minimum atomic E-state index is -0.972. The molecule has 0 unspecified atom stereocenters. The molecule has 0 N–H and O–H groups in total. The van der Waals surface area contributed by atoms with Crippen LogP contribution in [0.25, 0.3) is 11.8 Å². The van der Waals surface area contributed by atoms with E-state index in [0.29, 0.717) is 5.02 Å². The molecule has 1 fully saturated rings. The van der Waals surface area contributed by atoms with Crippen molar-refractivity contribution in [2.45, 2.75) is 33.7 Å². The third-order valence-electron chi connectivity index (χ3n) is 4.76. The van der Waals surface area contributed by atoms with Gasteiger partial charge in [-0.25, -0.2) is 4.79 Å². The molecule has 0 bridgehead atoms. The average Bonchev–Trinajstić information content (AvgIpc) is 3.12. The Bertz CT molecular complexity index is 1080. The quantitative estimate of drug-likeness (QED) is 0.392. The summed E-state index contributed by atoms with van der Waals surface area (Å²) < 4.78 is 7.77. The number of ether oxygens (including phenoxy) is 1. The van der Waals surface area contributed by atoms with Gasteiger partial charge in [0.25, 0.3) is 11.1 Å². The smallest absolute Gasteiger partial charge is 0.329 e. The fourth-order valence-electron chi connectivity index (χ4n) is 3.28. The number of hydrogen-bond acceptors (Lipinski definition) is 5. The molecule has 1 aromatic carbocycles. The highest BCUT2D eigenvalue weighted by Gasteiger charge is 2.41. The van der Waals surface area contributed by atoms with Crippen molar-refractivity contribution in [3.8, 4) is 5.69 Å². The molecule has 1 saturated heterocycles. The van der Waals surface area contributed by atoms with Gasteiger partial charge in [0.15, 0.2) is 0 Å². The summed E-state index contributed by atoms with van der Waals surface area (Å²) in [5.74, 6) is -1.10. The molecule has 6 nitrogen and oxygen atoms in total. The number of aryl methyl sites for hydroxylation is 1. The summed E-state index contributed by atoms with van der Waals surface area (Å²) in [5.41, 5.74) is 3.55. The lowest BCUT2D eigenvalue weighted by Crippen LogP contribution is -2.42. The van der Waals surface area contributed by atoms with Crippen LogP contribution in [0.1, 0.15) is 30.8 Å². The van der Waals surface area contributed by atoms with Crippen molar-refractivity contribution in [2.75, 3.05) is 6.61 Å². The fourth-order valence-corrected chi connectivity index (χ4v) is 4.60. The van der Waals surface area contributed by atoms with Gasteiger partial charge in [0.1, 0.15) is 6.04 Å². The summed E-state index contributed by atoms with van der Waals surface area (Å²) in [6.45, 7) is 7.23. The molecule has 0 saturated carbocycles. The molecule has 1 aromatic heterocycles. The van der Waals surface area contributed by atoms with Crippen molar-refractivity contribution in [3.05, 3.63) is 55.6 Å². The van der Waals surface area contributed by atoms with E-state index in [-0.39, 0.29) is 11.5 Å². The van der Waals surface area contributed by atoms with Gasteiger partial charge < -0.3 is 9.30 Å². The highest BCUT2D eigenvalue weighted by molar-refractivity contribution is 9.10. The molecule has 1 atom stereocenters. The minimum Gasteiger partial charge on any atom is -0.464 e. The summed E-state index contributed by atoms with van der Waals surface area (Å²) in [7, 11) is 0. The summed E-state index contributed by atoms with van der Waals surface area (Å²) in [4.78, 5) is 38.4. The second-order valence-corrected chi connectivity index (χ2v) is 8.99. The van der Waals surface area contributed by atoms with Crippen LogP contribution < -0.4 is 0 Å². The van der Waals surface area contributed by atoms with Crippen LogP contribution in [0.4, 0.5) is 4.79 Å². The van der Waals surface area contributed by atoms with E-state index in [1.807, 2.05) is 42.7 Å². The van der Waals surface area contributed by atoms with Gasteiger partial charge in [0.05, 0.1) is 16.5 Å². The first-order valence-corrected chi connectivity index (χ1v) is 11.2. The highest BCUT2D eigenvalue weighted by atomic mass is 79.9. The molecule has 2 heterocycles. The van der Waals surface area contributed by atoms with E-state index < -0.39 is 23.2 Å². The molecule has 3 rings (SSSR count).